The number of hydrogen-bond donors (Lipinski definition) is 2. The van der Waals surface area contributed by atoms with E-state index in [1.54, 1.807) is 12.1 Å². The lowest BCUT2D eigenvalue weighted by molar-refractivity contribution is -0.118. The van der Waals surface area contributed by atoms with Crippen LogP contribution in [-0.2, 0) is 16.6 Å². The van der Waals surface area contributed by atoms with Gasteiger partial charge >= 0.3 is 0 Å². The summed E-state index contributed by atoms with van der Waals surface area (Å²) in [6, 6.07) is 14.4. The van der Waals surface area contributed by atoms with Gasteiger partial charge in [-0.3, -0.25) is 10.1 Å². The van der Waals surface area contributed by atoms with Crippen LogP contribution in [0.15, 0.2) is 54.7 Å². The van der Waals surface area contributed by atoms with E-state index in [2.05, 4.69) is 26.6 Å². The van der Waals surface area contributed by atoms with E-state index in [1.807, 2.05) is 24.4 Å². The Hall–Kier alpha value is -3.06. The highest BCUT2D eigenvalue weighted by atomic mass is 32.1. The number of carbonyl (C=O) groups excluding carboxylic acids is 1. The first-order valence-corrected chi connectivity index (χ1v) is 9.91. The summed E-state index contributed by atoms with van der Waals surface area (Å²) in [6.07, 6.45) is 4.05. The van der Waals surface area contributed by atoms with E-state index in [-0.39, 0.29) is 11.7 Å². The van der Waals surface area contributed by atoms with Gasteiger partial charge in [0, 0.05) is 23.5 Å². The topological polar surface area (TPSA) is 70.7 Å². The molecule has 0 unspecified atom stereocenters. The summed E-state index contributed by atoms with van der Waals surface area (Å²) in [7, 11) is 0. The number of amides is 1. The Morgan fingerprint density at radius 3 is 2.86 bits per heavy atom. The Labute approximate surface area is 164 Å². The molecule has 1 saturated carbocycles. The van der Waals surface area contributed by atoms with E-state index in [0.29, 0.717) is 30.0 Å². The van der Waals surface area contributed by atoms with Gasteiger partial charge in [-0.2, -0.15) is 0 Å². The lowest BCUT2D eigenvalue weighted by Crippen LogP contribution is -2.27. The fourth-order valence-corrected chi connectivity index (χ4v) is 4.35. The van der Waals surface area contributed by atoms with Crippen molar-refractivity contribution < 1.29 is 9.18 Å². The first-order chi connectivity index (χ1) is 13.6. The Kier molecular flexibility index (Phi) is 3.98. The van der Waals surface area contributed by atoms with Crippen LogP contribution in [0.25, 0.3) is 10.9 Å². The number of nitrogens with one attached hydrogen (secondary N) is 2. The standard InChI is InChI=1S/C21H17FN4OS/c22-15-5-3-4-14(11-15)21(8-9-21)19(27)24-20-26-25-18(28-20)10-13-12-23-17-7-2-1-6-16(13)17/h1-7,11-12,23H,8-10H2,(H,24,26,27). The normalized spacial score (nSPS) is 14.9. The molecule has 0 radical (unpaired) electrons. The SMILES string of the molecule is O=C(Nc1nnc(Cc2c[nH]c3ccccc23)s1)C1(c2cccc(F)c2)CC1. The number of anilines is 1. The molecular weight excluding hydrogens is 375 g/mol. The van der Waals surface area contributed by atoms with E-state index in [4.69, 9.17) is 0 Å². The molecule has 0 saturated heterocycles. The summed E-state index contributed by atoms with van der Waals surface area (Å²) in [5, 5.41) is 13.7. The van der Waals surface area contributed by atoms with Crippen LogP contribution in [0.1, 0.15) is 29.0 Å². The highest BCUT2D eigenvalue weighted by molar-refractivity contribution is 7.15. The lowest BCUT2D eigenvalue weighted by atomic mass is 9.95. The van der Waals surface area contributed by atoms with Gasteiger partial charge in [0.15, 0.2) is 0 Å². The van der Waals surface area contributed by atoms with Crippen molar-refractivity contribution in [1.29, 1.82) is 0 Å². The molecule has 28 heavy (non-hydrogen) atoms. The van der Waals surface area contributed by atoms with Crippen molar-refractivity contribution >= 4 is 33.3 Å². The molecule has 2 aromatic heterocycles. The zero-order valence-corrected chi connectivity index (χ0v) is 15.7. The summed E-state index contributed by atoms with van der Waals surface area (Å²) in [5.74, 6) is -0.471. The van der Waals surface area contributed by atoms with Crippen molar-refractivity contribution in [3.05, 3.63) is 76.7 Å². The van der Waals surface area contributed by atoms with Crippen LogP contribution in [0.5, 0.6) is 0 Å². The number of para-hydroxylation sites is 1. The third-order valence-electron chi connectivity index (χ3n) is 5.27. The Morgan fingerprint density at radius 2 is 2.04 bits per heavy atom. The third-order valence-corrected chi connectivity index (χ3v) is 6.10. The van der Waals surface area contributed by atoms with E-state index < -0.39 is 5.41 Å². The fraction of sp³-hybridized carbons (Fsp3) is 0.190. The van der Waals surface area contributed by atoms with Crippen LogP contribution in [-0.4, -0.2) is 21.1 Å². The summed E-state index contributed by atoms with van der Waals surface area (Å²) in [5.41, 5.74) is 2.29. The highest BCUT2D eigenvalue weighted by Crippen LogP contribution is 2.49. The average Bonchev–Trinajstić information content (AvgIpc) is 3.26. The number of benzene rings is 2. The number of halogens is 1. The quantitative estimate of drug-likeness (QED) is 0.528. The van der Waals surface area contributed by atoms with Gasteiger partial charge in [-0.05, 0) is 42.2 Å². The zero-order chi connectivity index (χ0) is 19.1. The summed E-state index contributed by atoms with van der Waals surface area (Å²) in [6.45, 7) is 0. The predicted molar refractivity (Wildman–Crippen MR) is 107 cm³/mol. The molecule has 2 heterocycles. The van der Waals surface area contributed by atoms with Crippen LogP contribution < -0.4 is 5.32 Å². The molecule has 1 amide bonds. The second-order valence-electron chi connectivity index (χ2n) is 7.08. The van der Waals surface area contributed by atoms with E-state index >= 15 is 0 Å². The van der Waals surface area contributed by atoms with Crippen LogP contribution in [0.3, 0.4) is 0 Å². The first-order valence-electron chi connectivity index (χ1n) is 9.09. The minimum atomic E-state index is -0.648. The van der Waals surface area contributed by atoms with Crippen LogP contribution in [0, 0.1) is 5.82 Å². The largest absolute Gasteiger partial charge is 0.361 e. The molecule has 0 aliphatic heterocycles. The summed E-state index contributed by atoms with van der Waals surface area (Å²) >= 11 is 1.37. The smallest absolute Gasteiger partial charge is 0.236 e. The molecule has 140 valence electrons. The first kappa shape index (κ1) is 17.1. The molecule has 5 rings (SSSR count). The zero-order valence-electron chi connectivity index (χ0n) is 14.9. The van der Waals surface area contributed by atoms with E-state index in [0.717, 1.165) is 21.5 Å². The second kappa shape index (κ2) is 6.53. The molecule has 0 bridgehead atoms. The van der Waals surface area contributed by atoms with E-state index in [9.17, 15) is 9.18 Å². The minimum absolute atomic E-state index is 0.145. The number of aromatic amines is 1. The Bertz CT molecular complexity index is 1180. The van der Waals surface area contributed by atoms with Crippen molar-refractivity contribution in [2.24, 2.45) is 0 Å². The maximum atomic E-state index is 13.6. The van der Waals surface area contributed by atoms with Gasteiger partial charge in [-0.25, -0.2) is 4.39 Å². The van der Waals surface area contributed by atoms with Gasteiger partial charge in [0.1, 0.15) is 10.8 Å². The van der Waals surface area contributed by atoms with Crippen LogP contribution >= 0.6 is 11.3 Å². The number of rotatable bonds is 5. The van der Waals surface area contributed by atoms with Crippen molar-refractivity contribution in [3.8, 4) is 0 Å². The predicted octanol–water partition coefficient (Wildman–Crippen LogP) is 4.42. The molecular formula is C21H17FN4OS. The molecule has 0 spiro atoms. The van der Waals surface area contributed by atoms with Gasteiger partial charge in [-0.1, -0.05) is 41.7 Å². The molecule has 2 aromatic carbocycles. The summed E-state index contributed by atoms with van der Waals surface area (Å²) < 4.78 is 13.6. The van der Waals surface area contributed by atoms with Crippen molar-refractivity contribution in [2.45, 2.75) is 24.7 Å². The van der Waals surface area contributed by atoms with Crippen LogP contribution in [0.4, 0.5) is 9.52 Å². The molecule has 7 heteroatoms. The molecule has 4 aromatic rings. The molecule has 2 N–H and O–H groups in total. The Morgan fingerprint density at radius 1 is 1.18 bits per heavy atom. The number of fused-ring (bicyclic) bond motifs is 1. The Balaban J connectivity index is 1.32. The number of carbonyl (C=O) groups is 1. The van der Waals surface area contributed by atoms with Gasteiger partial charge < -0.3 is 4.98 Å². The molecule has 1 aliphatic rings. The molecule has 1 aliphatic carbocycles. The van der Waals surface area contributed by atoms with Crippen LogP contribution in [0.2, 0.25) is 0 Å². The van der Waals surface area contributed by atoms with Crippen molar-refractivity contribution in [1.82, 2.24) is 15.2 Å². The van der Waals surface area contributed by atoms with Crippen molar-refractivity contribution in [2.75, 3.05) is 5.32 Å². The summed E-state index contributed by atoms with van der Waals surface area (Å²) in [4.78, 5) is 16.1. The van der Waals surface area contributed by atoms with Gasteiger partial charge in [0.25, 0.3) is 0 Å². The number of H-pyrrole nitrogens is 1. The highest BCUT2D eigenvalue weighted by Gasteiger charge is 2.51. The second-order valence-corrected chi connectivity index (χ2v) is 8.15. The van der Waals surface area contributed by atoms with Gasteiger partial charge in [-0.15, -0.1) is 10.2 Å². The maximum Gasteiger partial charge on any atom is 0.236 e. The van der Waals surface area contributed by atoms with E-state index in [1.165, 1.54) is 23.5 Å². The third kappa shape index (κ3) is 2.97. The maximum absolute atomic E-state index is 13.6. The number of hydrogen-bond acceptors (Lipinski definition) is 4. The van der Waals surface area contributed by atoms with Crippen molar-refractivity contribution in [3.63, 3.8) is 0 Å². The monoisotopic (exact) mass is 392 g/mol. The van der Waals surface area contributed by atoms with Gasteiger partial charge in [0.05, 0.1) is 5.41 Å². The molecule has 0 atom stereocenters. The molecule has 1 fully saturated rings. The number of aromatic nitrogens is 3. The fourth-order valence-electron chi connectivity index (χ4n) is 3.59. The number of nitrogens with zero attached hydrogens (tertiary/aromatic N) is 2. The van der Waals surface area contributed by atoms with Gasteiger partial charge in [0.2, 0.25) is 11.0 Å². The lowest BCUT2D eigenvalue weighted by Gasteiger charge is -2.14. The average molecular weight is 392 g/mol. The molecule has 5 nitrogen and oxygen atoms in total. The minimum Gasteiger partial charge on any atom is -0.361 e.